The predicted molar refractivity (Wildman–Crippen MR) is 70.4 cm³/mol. The normalized spacial score (nSPS) is 10.4. The van der Waals surface area contributed by atoms with Crippen LogP contribution in [0.5, 0.6) is 5.75 Å². The summed E-state index contributed by atoms with van der Waals surface area (Å²) in [6, 6.07) is 5.54. The number of hydrogen-bond donors (Lipinski definition) is 0. The highest BCUT2D eigenvalue weighted by molar-refractivity contribution is 9.10. The maximum atomic E-state index is 5.97. The van der Waals surface area contributed by atoms with E-state index in [1.807, 2.05) is 12.1 Å². The van der Waals surface area contributed by atoms with Crippen LogP contribution < -0.4 is 4.74 Å². The second kappa shape index (κ2) is 7.93. The van der Waals surface area contributed by atoms with Gasteiger partial charge in [-0.05, 0) is 24.6 Å². The van der Waals surface area contributed by atoms with Crippen LogP contribution in [-0.4, -0.2) is 19.8 Å². The molecular formula is C12H16BrClO2. The van der Waals surface area contributed by atoms with Gasteiger partial charge in [-0.15, -0.1) is 0 Å². The van der Waals surface area contributed by atoms with E-state index in [1.54, 1.807) is 6.07 Å². The standard InChI is InChI=1S/C12H16BrClO2/c1-2-3-6-15-7-8-16-12-9-10(13)4-5-11(12)14/h4-5,9H,2-3,6-8H2,1H3. The summed E-state index contributed by atoms with van der Waals surface area (Å²) < 4.78 is 11.9. The van der Waals surface area contributed by atoms with Crippen molar-refractivity contribution in [2.75, 3.05) is 19.8 Å². The van der Waals surface area contributed by atoms with E-state index in [9.17, 15) is 0 Å². The highest BCUT2D eigenvalue weighted by atomic mass is 79.9. The molecule has 0 bridgehead atoms. The number of halogens is 2. The highest BCUT2D eigenvalue weighted by Crippen LogP contribution is 2.27. The zero-order valence-electron chi connectivity index (χ0n) is 9.34. The third-order valence-corrected chi connectivity index (χ3v) is 2.83. The molecule has 0 atom stereocenters. The molecule has 0 saturated heterocycles. The lowest BCUT2D eigenvalue weighted by atomic mass is 10.3. The van der Waals surface area contributed by atoms with Crippen molar-refractivity contribution in [3.8, 4) is 5.75 Å². The van der Waals surface area contributed by atoms with E-state index in [2.05, 4.69) is 22.9 Å². The van der Waals surface area contributed by atoms with Gasteiger partial charge in [0.1, 0.15) is 12.4 Å². The van der Waals surface area contributed by atoms with Gasteiger partial charge in [0.25, 0.3) is 0 Å². The Balaban J connectivity index is 2.23. The summed E-state index contributed by atoms with van der Waals surface area (Å²) in [5.41, 5.74) is 0. The fourth-order valence-corrected chi connectivity index (χ4v) is 1.66. The minimum Gasteiger partial charge on any atom is -0.490 e. The molecule has 2 nitrogen and oxygen atoms in total. The van der Waals surface area contributed by atoms with Crippen molar-refractivity contribution in [2.24, 2.45) is 0 Å². The van der Waals surface area contributed by atoms with Crippen LogP contribution in [0.25, 0.3) is 0 Å². The molecule has 16 heavy (non-hydrogen) atoms. The average molecular weight is 308 g/mol. The van der Waals surface area contributed by atoms with E-state index in [0.717, 1.165) is 23.9 Å². The molecule has 0 aliphatic rings. The molecule has 90 valence electrons. The second-order valence-electron chi connectivity index (χ2n) is 3.39. The minimum atomic E-state index is 0.528. The predicted octanol–water partition coefficient (Wildman–Crippen LogP) is 4.30. The van der Waals surface area contributed by atoms with E-state index < -0.39 is 0 Å². The fraction of sp³-hybridized carbons (Fsp3) is 0.500. The molecular weight excluding hydrogens is 291 g/mol. The maximum absolute atomic E-state index is 5.97. The van der Waals surface area contributed by atoms with Crippen molar-refractivity contribution in [3.63, 3.8) is 0 Å². The Morgan fingerprint density at radius 2 is 2.06 bits per heavy atom. The van der Waals surface area contributed by atoms with Crippen molar-refractivity contribution in [2.45, 2.75) is 19.8 Å². The van der Waals surface area contributed by atoms with Gasteiger partial charge in [0.2, 0.25) is 0 Å². The first-order valence-electron chi connectivity index (χ1n) is 5.39. The van der Waals surface area contributed by atoms with Crippen LogP contribution >= 0.6 is 27.5 Å². The van der Waals surface area contributed by atoms with Gasteiger partial charge in [-0.2, -0.15) is 0 Å². The van der Waals surface area contributed by atoms with Gasteiger partial charge in [0.15, 0.2) is 0 Å². The number of unbranched alkanes of at least 4 members (excludes halogenated alkanes) is 1. The lowest BCUT2D eigenvalue weighted by Gasteiger charge is -2.08. The van der Waals surface area contributed by atoms with Gasteiger partial charge in [0.05, 0.1) is 11.6 Å². The zero-order chi connectivity index (χ0) is 11.8. The molecule has 0 aliphatic carbocycles. The van der Waals surface area contributed by atoms with Gasteiger partial charge in [-0.3, -0.25) is 0 Å². The van der Waals surface area contributed by atoms with Crippen molar-refractivity contribution in [1.82, 2.24) is 0 Å². The van der Waals surface area contributed by atoms with Gasteiger partial charge < -0.3 is 9.47 Å². The molecule has 0 aromatic heterocycles. The Morgan fingerprint density at radius 1 is 1.25 bits per heavy atom. The Bertz CT molecular complexity index is 318. The SMILES string of the molecule is CCCCOCCOc1cc(Br)ccc1Cl. The van der Waals surface area contributed by atoms with Crippen LogP contribution in [0.15, 0.2) is 22.7 Å². The van der Waals surface area contributed by atoms with Crippen LogP contribution in [0.3, 0.4) is 0 Å². The van der Waals surface area contributed by atoms with E-state index >= 15 is 0 Å². The van der Waals surface area contributed by atoms with Gasteiger partial charge in [0, 0.05) is 11.1 Å². The van der Waals surface area contributed by atoms with Gasteiger partial charge in [-0.25, -0.2) is 0 Å². The summed E-state index contributed by atoms with van der Waals surface area (Å²) in [5.74, 6) is 0.690. The fourth-order valence-electron chi connectivity index (χ4n) is 1.15. The summed E-state index contributed by atoms with van der Waals surface area (Å²) in [6.45, 7) is 4.07. The zero-order valence-corrected chi connectivity index (χ0v) is 11.7. The number of ether oxygens (including phenoxy) is 2. The molecule has 0 saturated carbocycles. The molecule has 1 aromatic carbocycles. The topological polar surface area (TPSA) is 18.5 Å². The molecule has 1 aromatic rings. The van der Waals surface area contributed by atoms with Crippen LogP contribution in [0.1, 0.15) is 19.8 Å². The van der Waals surface area contributed by atoms with Crippen molar-refractivity contribution >= 4 is 27.5 Å². The van der Waals surface area contributed by atoms with E-state index in [-0.39, 0.29) is 0 Å². The Kier molecular flexibility index (Phi) is 6.85. The van der Waals surface area contributed by atoms with Crippen LogP contribution in [-0.2, 0) is 4.74 Å². The third-order valence-electron chi connectivity index (χ3n) is 2.02. The monoisotopic (exact) mass is 306 g/mol. The number of hydrogen-bond acceptors (Lipinski definition) is 2. The summed E-state index contributed by atoms with van der Waals surface area (Å²) in [7, 11) is 0. The molecule has 1 rings (SSSR count). The highest BCUT2D eigenvalue weighted by Gasteiger charge is 2.01. The summed E-state index contributed by atoms with van der Waals surface area (Å²) >= 11 is 9.34. The molecule has 0 fully saturated rings. The van der Waals surface area contributed by atoms with E-state index in [0.29, 0.717) is 24.0 Å². The molecule has 0 N–H and O–H groups in total. The lowest BCUT2D eigenvalue weighted by Crippen LogP contribution is -2.07. The molecule has 0 heterocycles. The second-order valence-corrected chi connectivity index (χ2v) is 4.71. The Morgan fingerprint density at radius 3 is 2.81 bits per heavy atom. The van der Waals surface area contributed by atoms with Crippen molar-refractivity contribution in [1.29, 1.82) is 0 Å². The lowest BCUT2D eigenvalue weighted by molar-refractivity contribution is 0.0981. The smallest absolute Gasteiger partial charge is 0.139 e. The molecule has 0 spiro atoms. The third kappa shape index (κ3) is 5.19. The van der Waals surface area contributed by atoms with Gasteiger partial charge >= 0.3 is 0 Å². The first-order chi connectivity index (χ1) is 7.74. The summed E-state index contributed by atoms with van der Waals surface area (Å²) in [5, 5.41) is 0.622. The van der Waals surface area contributed by atoms with E-state index in [1.165, 1.54) is 0 Å². The molecule has 0 unspecified atom stereocenters. The van der Waals surface area contributed by atoms with Crippen LogP contribution in [0.2, 0.25) is 5.02 Å². The largest absolute Gasteiger partial charge is 0.490 e. The maximum Gasteiger partial charge on any atom is 0.139 e. The number of benzene rings is 1. The molecule has 0 aliphatic heterocycles. The van der Waals surface area contributed by atoms with Crippen molar-refractivity contribution in [3.05, 3.63) is 27.7 Å². The first-order valence-corrected chi connectivity index (χ1v) is 6.56. The van der Waals surface area contributed by atoms with Gasteiger partial charge in [-0.1, -0.05) is 40.9 Å². The molecule has 4 heteroatoms. The summed E-state index contributed by atoms with van der Waals surface area (Å²) in [6.07, 6.45) is 2.25. The van der Waals surface area contributed by atoms with E-state index in [4.69, 9.17) is 21.1 Å². The summed E-state index contributed by atoms with van der Waals surface area (Å²) in [4.78, 5) is 0. The number of rotatable bonds is 7. The minimum absolute atomic E-state index is 0.528. The first kappa shape index (κ1) is 13.8. The average Bonchev–Trinajstić information content (AvgIpc) is 2.28. The molecule has 0 radical (unpaired) electrons. The Labute approximate surface area is 110 Å². The van der Waals surface area contributed by atoms with Crippen LogP contribution in [0, 0.1) is 0 Å². The van der Waals surface area contributed by atoms with Crippen LogP contribution in [0.4, 0.5) is 0 Å². The quantitative estimate of drug-likeness (QED) is 0.699. The van der Waals surface area contributed by atoms with Crippen molar-refractivity contribution < 1.29 is 9.47 Å². The Hall–Kier alpha value is -0.250. The molecule has 0 amide bonds.